The van der Waals surface area contributed by atoms with Gasteiger partial charge in [-0.2, -0.15) is 0 Å². The molecule has 0 aliphatic rings. The van der Waals surface area contributed by atoms with Crippen LogP contribution in [0.2, 0.25) is 0 Å². The molecule has 0 spiro atoms. The van der Waals surface area contributed by atoms with Crippen LogP contribution < -0.4 is 10.6 Å². The number of carbonyl (C=O) groups excluding carboxylic acids is 4. The third-order valence-electron chi connectivity index (χ3n) is 6.53. The zero-order chi connectivity index (χ0) is 34.2. The molecular formula is C30H29FN6O8S2. The number of halogens is 1. The molecule has 0 aliphatic heterocycles. The van der Waals surface area contributed by atoms with Crippen LogP contribution in [0, 0.1) is 29.8 Å². The molecule has 14 nitrogen and oxygen atoms in total. The van der Waals surface area contributed by atoms with Crippen LogP contribution in [0.25, 0.3) is 5.69 Å². The Morgan fingerprint density at radius 2 is 1.70 bits per heavy atom. The van der Waals surface area contributed by atoms with Crippen molar-refractivity contribution in [3.8, 4) is 5.69 Å². The first-order valence-corrected chi connectivity index (χ1v) is 15.9. The predicted molar refractivity (Wildman–Crippen MR) is 171 cm³/mol. The van der Waals surface area contributed by atoms with Gasteiger partial charge in [0.05, 0.1) is 36.0 Å². The monoisotopic (exact) mass is 684 g/mol. The fourth-order valence-corrected chi connectivity index (χ4v) is 6.18. The number of thiophene rings is 1. The first-order chi connectivity index (χ1) is 22.4. The molecule has 4 rings (SSSR count). The lowest BCUT2D eigenvalue weighted by Gasteiger charge is -2.11. The third kappa shape index (κ3) is 8.17. The van der Waals surface area contributed by atoms with Gasteiger partial charge in [-0.1, -0.05) is 17.8 Å². The number of thioether (sulfide) groups is 1. The number of carbonyl (C=O) groups is 4. The summed E-state index contributed by atoms with van der Waals surface area (Å²) in [6.07, 6.45) is 0. The highest BCUT2D eigenvalue weighted by atomic mass is 32.2. The van der Waals surface area contributed by atoms with Gasteiger partial charge in [0.25, 0.3) is 11.6 Å². The van der Waals surface area contributed by atoms with Crippen molar-refractivity contribution in [2.75, 3.05) is 24.3 Å². The number of esters is 2. The van der Waals surface area contributed by atoms with Crippen molar-refractivity contribution in [1.82, 2.24) is 20.1 Å². The van der Waals surface area contributed by atoms with E-state index in [2.05, 4.69) is 20.8 Å². The molecule has 2 aromatic heterocycles. The van der Waals surface area contributed by atoms with Gasteiger partial charge in [0.1, 0.15) is 15.7 Å². The van der Waals surface area contributed by atoms with Crippen molar-refractivity contribution in [1.29, 1.82) is 0 Å². The van der Waals surface area contributed by atoms with Gasteiger partial charge in [-0.25, -0.2) is 14.0 Å². The molecule has 0 saturated heterocycles. The smallest absolute Gasteiger partial charge is 0.348 e. The van der Waals surface area contributed by atoms with E-state index in [9.17, 15) is 33.7 Å². The Hall–Kier alpha value is -5.16. The lowest BCUT2D eigenvalue weighted by atomic mass is 10.1. The summed E-state index contributed by atoms with van der Waals surface area (Å²) in [5.41, 5.74) is 1.07. The molecule has 0 unspecified atom stereocenters. The van der Waals surface area contributed by atoms with Crippen LogP contribution in [0.4, 0.5) is 15.1 Å². The van der Waals surface area contributed by atoms with E-state index in [0.717, 1.165) is 23.1 Å². The molecule has 0 aliphatic carbocycles. The zero-order valence-electron chi connectivity index (χ0n) is 25.6. The highest BCUT2D eigenvalue weighted by Crippen LogP contribution is 2.35. The van der Waals surface area contributed by atoms with Gasteiger partial charge in [0.2, 0.25) is 5.91 Å². The van der Waals surface area contributed by atoms with Gasteiger partial charge >= 0.3 is 11.9 Å². The summed E-state index contributed by atoms with van der Waals surface area (Å²) in [5, 5.41) is 25.3. The van der Waals surface area contributed by atoms with Gasteiger partial charge in [-0.3, -0.25) is 24.3 Å². The molecular weight excluding hydrogens is 655 g/mol. The summed E-state index contributed by atoms with van der Waals surface area (Å²) in [7, 11) is 0. The van der Waals surface area contributed by atoms with E-state index >= 15 is 0 Å². The number of hydrogen-bond acceptors (Lipinski definition) is 12. The van der Waals surface area contributed by atoms with Gasteiger partial charge in [-0.05, 0) is 63.6 Å². The largest absolute Gasteiger partial charge is 0.462 e. The molecule has 2 heterocycles. The van der Waals surface area contributed by atoms with Crippen molar-refractivity contribution >= 4 is 57.5 Å². The summed E-state index contributed by atoms with van der Waals surface area (Å²) < 4.78 is 25.5. The Morgan fingerprint density at radius 1 is 1.02 bits per heavy atom. The highest BCUT2D eigenvalue weighted by Gasteiger charge is 2.28. The minimum atomic E-state index is -0.706. The van der Waals surface area contributed by atoms with Crippen molar-refractivity contribution in [3.05, 3.63) is 91.4 Å². The van der Waals surface area contributed by atoms with Crippen molar-refractivity contribution in [2.45, 2.75) is 39.4 Å². The molecule has 0 fully saturated rings. The quantitative estimate of drug-likeness (QED) is 0.0835. The average molecular weight is 685 g/mol. The maximum atomic E-state index is 13.7. The second-order valence-electron chi connectivity index (χ2n) is 9.69. The minimum Gasteiger partial charge on any atom is -0.462 e. The normalized spacial score (nSPS) is 10.7. The standard InChI is InChI=1S/C30H29FN6O8S2/c1-5-44-28(40)24-17(4)25(29(41)45-6-2)47-27(24)33-23(38)15-46-30-35-34-22(36(30)20-11-9-19(31)10-12-20)14-32-26(39)18-8-7-16(3)21(13-18)37(42)43/h7-13H,5-6,14-15H2,1-4H3,(H,32,39)(H,33,38). The molecule has 0 saturated carbocycles. The number of ether oxygens (including phenoxy) is 2. The van der Waals surface area contributed by atoms with Crippen LogP contribution in [-0.4, -0.2) is 62.4 Å². The van der Waals surface area contributed by atoms with Gasteiger partial charge < -0.3 is 20.1 Å². The maximum Gasteiger partial charge on any atom is 0.348 e. The number of anilines is 1. The number of aromatic nitrogens is 3. The number of hydrogen-bond donors (Lipinski definition) is 2. The number of amides is 2. The fourth-order valence-electron chi connectivity index (χ4n) is 4.30. The highest BCUT2D eigenvalue weighted by molar-refractivity contribution is 7.99. The van der Waals surface area contributed by atoms with Crippen LogP contribution in [0.1, 0.15) is 61.2 Å². The van der Waals surface area contributed by atoms with Gasteiger partial charge in [0.15, 0.2) is 11.0 Å². The molecule has 2 aromatic carbocycles. The number of benzene rings is 2. The lowest BCUT2D eigenvalue weighted by molar-refractivity contribution is -0.385. The van der Waals surface area contributed by atoms with Gasteiger partial charge in [0, 0.05) is 22.9 Å². The Labute approximate surface area is 275 Å². The summed E-state index contributed by atoms with van der Waals surface area (Å²) in [6.45, 7) is 6.45. The third-order valence-corrected chi connectivity index (χ3v) is 8.65. The molecule has 2 amide bonds. The van der Waals surface area contributed by atoms with Crippen molar-refractivity contribution in [3.63, 3.8) is 0 Å². The fraction of sp³-hybridized carbons (Fsp3) is 0.267. The van der Waals surface area contributed by atoms with Gasteiger partial charge in [-0.15, -0.1) is 21.5 Å². The zero-order valence-corrected chi connectivity index (χ0v) is 27.3. The molecule has 2 N–H and O–H groups in total. The van der Waals surface area contributed by atoms with Crippen LogP contribution in [0.5, 0.6) is 0 Å². The van der Waals surface area contributed by atoms with Crippen LogP contribution in [-0.2, 0) is 20.8 Å². The second kappa shape index (κ2) is 15.4. The SMILES string of the molecule is CCOC(=O)c1sc(NC(=O)CSc2nnc(CNC(=O)c3ccc(C)c([N+](=O)[O-])c3)n2-c2ccc(F)cc2)c(C(=O)OCC)c1C. The number of nitro benzene ring substituents is 1. The van der Waals surface area contributed by atoms with Crippen molar-refractivity contribution in [2.24, 2.45) is 0 Å². The Balaban J connectivity index is 1.55. The van der Waals surface area contributed by atoms with Crippen molar-refractivity contribution < 1.29 is 38.0 Å². The van der Waals surface area contributed by atoms with E-state index in [4.69, 9.17) is 9.47 Å². The van der Waals surface area contributed by atoms with E-state index in [-0.39, 0.29) is 63.2 Å². The predicted octanol–water partition coefficient (Wildman–Crippen LogP) is 5.01. The minimum absolute atomic E-state index is 0.0460. The number of nitrogens with zero attached hydrogens (tertiary/aromatic N) is 4. The van der Waals surface area contributed by atoms with Crippen LogP contribution in [0.15, 0.2) is 47.6 Å². The molecule has 246 valence electrons. The molecule has 47 heavy (non-hydrogen) atoms. The first kappa shape index (κ1) is 34.7. The van der Waals surface area contributed by atoms with E-state index in [1.165, 1.54) is 47.0 Å². The summed E-state index contributed by atoms with van der Waals surface area (Å²) >= 11 is 1.87. The topological polar surface area (TPSA) is 185 Å². The Kier molecular flexibility index (Phi) is 11.4. The number of nitrogens with one attached hydrogen (secondary N) is 2. The number of aryl methyl sites for hydroxylation is 1. The average Bonchev–Trinajstić information content (AvgIpc) is 3.59. The second-order valence-corrected chi connectivity index (χ2v) is 11.7. The van der Waals surface area contributed by atoms with Crippen LogP contribution >= 0.6 is 23.1 Å². The Bertz CT molecular complexity index is 1840. The summed E-state index contributed by atoms with van der Waals surface area (Å²) in [6, 6.07) is 9.48. The van der Waals surface area contributed by atoms with Crippen LogP contribution in [0.3, 0.4) is 0 Å². The van der Waals surface area contributed by atoms with E-state index in [1.54, 1.807) is 27.7 Å². The Morgan fingerprint density at radius 3 is 2.36 bits per heavy atom. The van der Waals surface area contributed by atoms with E-state index in [1.807, 2.05) is 0 Å². The molecule has 0 bridgehead atoms. The molecule has 17 heteroatoms. The summed E-state index contributed by atoms with van der Waals surface area (Å²) in [4.78, 5) is 62.0. The summed E-state index contributed by atoms with van der Waals surface area (Å²) in [5.74, 6) is -2.95. The molecule has 4 aromatic rings. The molecule has 0 radical (unpaired) electrons. The first-order valence-electron chi connectivity index (χ1n) is 14.1. The maximum absolute atomic E-state index is 13.7. The molecule has 0 atom stereocenters. The lowest BCUT2D eigenvalue weighted by Crippen LogP contribution is -2.25. The van der Waals surface area contributed by atoms with E-state index < -0.39 is 34.5 Å². The van der Waals surface area contributed by atoms with E-state index in [0.29, 0.717) is 16.8 Å². The number of nitro groups is 1. The number of rotatable bonds is 13.